The number of hydrogen-bond donors (Lipinski definition) is 1. The van der Waals surface area contributed by atoms with Crippen LogP contribution in [-0.2, 0) is 23.7 Å². The first-order chi connectivity index (χ1) is 20.1. The number of carbonyl (C=O) groups is 2. The van der Waals surface area contributed by atoms with Gasteiger partial charge in [0.05, 0.1) is 6.33 Å². The highest BCUT2D eigenvalue weighted by Crippen LogP contribution is 2.48. The van der Waals surface area contributed by atoms with Gasteiger partial charge in [0.15, 0.2) is 11.5 Å². The zero-order chi connectivity index (χ0) is 29.1. The van der Waals surface area contributed by atoms with Crippen molar-refractivity contribution in [3.63, 3.8) is 0 Å². The Balaban J connectivity index is 1.08. The van der Waals surface area contributed by atoms with E-state index in [1.165, 1.54) is 6.33 Å². The fourth-order valence-corrected chi connectivity index (χ4v) is 8.08. The number of nitrogens with two attached hydrogens (primary N) is 1. The third-order valence-corrected chi connectivity index (χ3v) is 10.8. The second-order valence-electron chi connectivity index (χ2n) is 13.3. The molecule has 4 bridgehead atoms. The van der Waals surface area contributed by atoms with Crippen molar-refractivity contribution in [3.8, 4) is 0 Å². The van der Waals surface area contributed by atoms with Crippen LogP contribution in [0, 0.1) is 11.8 Å². The van der Waals surface area contributed by atoms with Gasteiger partial charge in [0.1, 0.15) is 41.3 Å². The Morgan fingerprint density at radius 1 is 0.976 bits per heavy atom. The molecule has 6 saturated carbocycles. The Kier molecular flexibility index (Phi) is 6.92. The molecule has 3 atom stereocenters. The highest BCUT2D eigenvalue weighted by molar-refractivity contribution is 6.28. The standard InChI is InChI=1S/C29H38ClN5O7/c1-27(15-38-25(36)41-28-8-2-17(3-9-28)4-10-28)19(39-26(37)42-29-11-5-18(6-12-29)7-13-29)14-20(40-27)35-16-32-21-22(31)33-24(30)34-23(21)35/h16-20H,2-15H2,1H3,(H2,31,33,34)/t17?,18?,19-,20+,27+,28?,29?/m0/s1. The van der Waals surface area contributed by atoms with E-state index in [2.05, 4.69) is 15.0 Å². The Morgan fingerprint density at radius 2 is 1.55 bits per heavy atom. The third kappa shape index (κ3) is 5.14. The molecule has 0 amide bonds. The van der Waals surface area contributed by atoms with E-state index in [0.29, 0.717) is 11.2 Å². The van der Waals surface area contributed by atoms with Gasteiger partial charge in [-0.1, -0.05) is 0 Å². The van der Waals surface area contributed by atoms with Crippen molar-refractivity contribution < 1.29 is 33.3 Å². The molecule has 0 radical (unpaired) electrons. The summed E-state index contributed by atoms with van der Waals surface area (Å²) in [5, 5.41) is -0.0254. The summed E-state index contributed by atoms with van der Waals surface area (Å²) < 4.78 is 31.6. The lowest BCUT2D eigenvalue weighted by Gasteiger charge is -2.45. The van der Waals surface area contributed by atoms with Crippen LogP contribution in [0.3, 0.4) is 0 Å². The normalized spacial score (nSPS) is 37.1. The lowest BCUT2D eigenvalue weighted by atomic mass is 9.68. The Morgan fingerprint density at radius 3 is 2.14 bits per heavy atom. The van der Waals surface area contributed by atoms with Crippen molar-refractivity contribution in [2.45, 2.75) is 120 Å². The molecule has 9 rings (SSSR count). The number of nitrogen functional groups attached to an aromatic ring is 1. The summed E-state index contributed by atoms with van der Waals surface area (Å²) >= 11 is 6.08. The molecule has 12 nitrogen and oxygen atoms in total. The minimum atomic E-state index is -1.20. The number of imidazole rings is 1. The second-order valence-corrected chi connectivity index (χ2v) is 13.6. The molecule has 1 saturated heterocycles. The number of ether oxygens (including phenoxy) is 5. The van der Waals surface area contributed by atoms with E-state index in [4.69, 9.17) is 41.0 Å². The summed E-state index contributed by atoms with van der Waals surface area (Å²) in [6.07, 6.45) is 10.4. The van der Waals surface area contributed by atoms with E-state index in [0.717, 1.165) is 88.9 Å². The minimum absolute atomic E-state index is 0.0254. The predicted octanol–water partition coefficient (Wildman–Crippen LogP) is 5.86. The number of anilines is 1. The molecule has 2 aromatic rings. The van der Waals surface area contributed by atoms with Gasteiger partial charge in [0.2, 0.25) is 5.28 Å². The molecule has 7 aliphatic rings. The molecule has 13 heteroatoms. The topological polar surface area (TPSA) is 150 Å². The fourth-order valence-electron chi connectivity index (χ4n) is 7.91. The first kappa shape index (κ1) is 27.9. The first-order valence-electron chi connectivity index (χ1n) is 15.2. The highest BCUT2D eigenvalue weighted by atomic mass is 35.5. The van der Waals surface area contributed by atoms with Crippen LogP contribution in [0.2, 0.25) is 5.28 Å². The van der Waals surface area contributed by atoms with Crippen LogP contribution in [-0.4, -0.2) is 61.3 Å². The molecule has 2 N–H and O–H groups in total. The van der Waals surface area contributed by atoms with E-state index in [-0.39, 0.29) is 24.1 Å². The summed E-state index contributed by atoms with van der Waals surface area (Å²) in [4.78, 5) is 38.7. The summed E-state index contributed by atoms with van der Waals surface area (Å²) in [5.41, 5.74) is 4.65. The lowest BCUT2D eigenvalue weighted by Crippen LogP contribution is -2.48. The molecule has 7 fully saturated rings. The fraction of sp³-hybridized carbons (Fsp3) is 0.759. The van der Waals surface area contributed by atoms with Crippen molar-refractivity contribution in [2.24, 2.45) is 11.8 Å². The lowest BCUT2D eigenvalue weighted by molar-refractivity contribution is -0.149. The van der Waals surface area contributed by atoms with Crippen LogP contribution in [0.15, 0.2) is 6.33 Å². The van der Waals surface area contributed by atoms with E-state index in [9.17, 15) is 9.59 Å². The zero-order valence-corrected chi connectivity index (χ0v) is 24.6. The molecule has 228 valence electrons. The Bertz CT molecular complexity index is 1340. The molecule has 0 unspecified atom stereocenters. The molecular weight excluding hydrogens is 566 g/mol. The molecule has 1 aliphatic heterocycles. The second kappa shape index (κ2) is 10.4. The highest BCUT2D eigenvalue weighted by Gasteiger charge is 2.52. The molecule has 6 aliphatic carbocycles. The first-order valence-corrected chi connectivity index (χ1v) is 15.6. The largest absolute Gasteiger partial charge is 0.509 e. The van der Waals surface area contributed by atoms with E-state index < -0.39 is 41.4 Å². The average molecular weight is 604 g/mol. The van der Waals surface area contributed by atoms with Gasteiger partial charge in [0, 0.05) is 6.42 Å². The van der Waals surface area contributed by atoms with Crippen molar-refractivity contribution >= 4 is 40.9 Å². The number of nitrogens with zero attached hydrogens (tertiary/aromatic N) is 4. The van der Waals surface area contributed by atoms with Crippen LogP contribution in [0.1, 0.15) is 96.6 Å². The van der Waals surface area contributed by atoms with Gasteiger partial charge in [-0.3, -0.25) is 4.57 Å². The number of rotatable bonds is 6. The smallest absolute Gasteiger partial charge is 0.431 e. The number of hydrogen-bond acceptors (Lipinski definition) is 11. The van der Waals surface area contributed by atoms with Gasteiger partial charge in [-0.25, -0.2) is 14.6 Å². The van der Waals surface area contributed by atoms with E-state index in [1.807, 2.05) is 0 Å². The maximum atomic E-state index is 13.2. The summed E-state index contributed by atoms with van der Waals surface area (Å²) in [6, 6.07) is 0. The van der Waals surface area contributed by atoms with Crippen molar-refractivity contribution in [3.05, 3.63) is 11.6 Å². The van der Waals surface area contributed by atoms with Crippen LogP contribution < -0.4 is 5.73 Å². The Labute approximate surface area is 248 Å². The summed E-state index contributed by atoms with van der Waals surface area (Å²) in [5.74, 6) is 1.62. The number of fused-ring (bicyclic) bond motifs is 7. The monoisotopic (exact) mass is 603 g/mol. The van der Waals surface area contributed by atoms with Gasteiger partial charge in [-0.15, -0.1) is 0 Å². The van der Waals surface area contributed by atoms with Crippen LogP contribution in [0.5, 0.6) is 0 Å². The maximum Gasteiger partial charge on any atom is 0.509 e. The molecule has 0 aromatic carbocycles. The van der Waals surface area contributed by atoms with Crippen LogP contribution in [0.25, 0.3) is 11.2 Å². The zero-order valence-electron chi connectivity index (χ0n) is 23.9. The van der Waals surface area contributed by atoms with Gasteiger partial charge in [-0.2, -0.15) is 9.97 Å². The van der Waals surface area contributed by atoms with Gasteiger partial charge < -0.3 is 29.4 Å². The molecular formula is C29H38ClN5O7. The number of carbonyl (C=O) groups excluding carboxylic acids is 2. The molecule has 0 spiro atoms. The predicted molar refractivity (Wildman–Crippen MR) is 150 cm³/mol. The molecule has 2 aromatic heterocycles. The third-order valence-electron chi connectivity index (χ3n) is 10.6. The Hall–Kier alpha value is -2.86. The minimum Gasteiger partial charge on any atom is -0.431 e. The maximum absolute atomic E-state index is 13.2. The average Bonchev–Trinajstić information content (AvgIpc) is 3.54. The van der Waals surface area contributed by atoms with Gasteiger partial charge in [-0.05, 0) is 107 Å². The van der Waals surface area contributed by atoms with Crippen molar-refractivity contribution in [1.82, 2.24) is 19.5 Å². The van der Waals surface area contributed by atoms with Crippen LogP contribution >= 0.6 is 11.6 Å². The van der Waals surface area contributed by atoms with Crippen LogP contribution in [0.4, 0.5) is 15.4 Å². The van der Waals surface area contributed by atoms with Crippen molar-refractivity contribution in [2.75, 3.05) is 12.3 Å². The quantitative estimate of drug-likeness (QED) is 0.312. The van der Waals surface area contributed by atoms with E-state index in [1.54, 1.807) is 11.5 Å². The molecule has 42 heavy (non-hydrogen) atoms. The molecule has 3 heterocycles. The SMILES string of the molecule is C[C@]1(COC(=O)OC23CCC(CC2)CC3)O[C@@H](n2cnc3c(N)nc(Cl)nc32)C[C@@H]1OC(=O)OC12CCC(CC1)CC2. The number of aromatic nitrogens is 4. The summed E-state index contributed by atoms with van der Waals surface area (Å²) in [7, 11) is 0. The van der Waals surface area contributed by atoms with Gasteiger partial charge in [0.25, 0.3) is 0 Å². The van der Waals surface area contributed by atoms with E-state index >= 15 is 0 Å². The van der Waals surface area contributed by atoms with Crippen molar-refractivity contribution in [1.29, 1.82) is 0 Å². The summed E-state index contributed by atoms with van der Waals surface area (Å²) in [6.45, 7) is 1.57. The van der Waals surface area contributed by atoms with Gasteiger partial charge >= 0.3 is 12.3 Å². The number of halogens is 1.